The fourth-order valence-electron chi connectivity index (χ4n) is 6.84. The van der Waals surface area contributed by atoms with Crippen LogP contribution in [0, 0.1) is 5.92 Å². The second-order valence-corrected chi connectivity index (χ2v) is 13.7. The lowest BCUT2D eigenvalue weighted by Crippen LogP contribution is -2.48. The number of amides is 1. The summed E-state index contributed by atoms with van der Waals surface area (Å²) in [5.41, 5.74) is 3.06. The second-order valence-electron chi connectivity index (χ2n) is 13.7. The lowest BCUT2D eigenvalue weighted by molar-refractivity contribution is -0.724. The predicted octanol–water partition coefficient (Wildman–Crippen LogP) is 4.73. The number of ether oxygens (including phenoxy) is 1. The van der Waals surface area contributed by atoms with Gasteiger partial charge in [0.2, 0.25) is 5.91 Å². The molecule has 1 saturated heterocycles. The molecule has 1 saturated carbocycles. The van der Waals surface area contributed by atoms with E-state index in [1.807, 2.05) is 20.8 Å². The van der Waals surface area contributed by atoms with E-state index in [9.17, 15) is 9.59 Å². The second kappa shape index (κ2) is 14.6. The van der Waals surface area contributed by atoms with Crippen molar-refractivity contribution >= 4 is 29.2 Å². The fraction of sp³-hybridized carbons (Fsp3) is 0.676. The monoisotopic (exact) mass is 606 g/mol. The Kier molecular flexibility index (Phi) is 10.6. The van der Waals surface area contributed by atoms with Crippen LogP contribution in [0.2, 0.25) is 0 Å². The molecule has 5 rings (SSSR count). The molecular weight excluding hydrogens is 554 g/mol. The summed E-state index contributed by atoms with van der Waals surface area (Å²) in [7, 11) is 0. The van der Waals surface area contributed by atoms with Gasteiger partial charge in [0.05, 0.1) is 0 Å². The molecule has 44 heavy (non-hydrogen) atoms. The van der Waals surface area contributed by atoms with E-state index in [0.29, 0.717) is 24.2 Å². The van der Waals surface area contributed by atoms with Crippen LogP contribution in [-0.4, -0.2) is 59.7 Å². The number of nitrogens with zero attached hydrogens (tertiary/aromatic N) is 4. The molecule has 10 nitrogen and oxygen atoms in total. The summed E-state index contributed by atoms with van der Waals surface area (Å²) in [5.74, 6) is 1.70. The highest BCUT2D eigenvalue weighted by molar-refractivity contribution is 5.85. The Morgan fingerprint density at radius 3 is 2.64 bits per heavy atom. The molecule has 0 aromatic carbocycles. The van der Waals surface area contributed by atoms with Gasteiger partial charge in [-0.3, -0.25) is 4.79 Å². The number of hydrogen-bond acceptors (Lipinski definition) is 8. The number of aromatic nitrogens is 3. The lowest BCUT2D eigenvalue weighted by atomic mass is 10.0. The minimum atomic E-state index is -0.813. The number of carbonyl (C=O) groups excluding carboxylic acids is 2. The molecule has 10 heteroatoms. The Morgan fingerprint density at radius 1 is 1.14 bits per heavy atom. The normalized spacial score (nSPS) is 18.3. The zero-order chi connectivity index (χ0) is 31.1. The molecule has 2 aliphatic heterocycles. The molecule has 0 spiro atoms. The van der Waals surface area contributed by atoms with E-state index < -0.39 is 17.6 Å². The van der Waals surface area contributed by atoms with Gasteiger partial charge < -0.3 is 25.6 Å². The van der Waals surface area contributed by atoms with Gasteiger partial charge in [-0.25, -0.2) is 19.3 Å². The molecule has 1 aliphatic carbocycles. The van der Waals surface area contributed by atoms with Gasteiger partial charge in [-0.1, -0.05) is 32.6 Å². The third kappa shape index (κ3) is 8.39. The summed E-state index contributed by atoms with van der Waals surface area (Å²) in [6.07, 6.45) is 17.5. The maximum absolute atomic E-state index is 13.1. The van der Waals surface area contributed by atoms with Crippen LogP contribution in [-0.2, 0) is 27.2 Å². The van der Waals surface area contributed by atoms with Crippen LogP contribution in [0.5, 0.6) is 0 Å². The molecule has 0 unspecified atom stereocenters. The van der Waals surface area contributed by atoms with E-state index in [1.165, 1.54) is 43.4 Å². The zero-order valence-corrected chi connectivity index (χ0v) is 27.2. The molecule has 0 radical (unpaired) electrons. The average molecular weight is 607 g/mol. The van der Waals surface area contributed by atoms with Crippen LogP contribution in [0.15, 0.2) is 24.8 Å². The van der Waals surface area contributed by atoms with Gasteiger partial charge in [0.25, 0.3) is 0 Å². The molecular formula is C34H52N7O3+. The molecule has 3 N–H and O–H groups in total. The molecule has 2 aromatic heterocycles. The first-order valence-corrected chi connectivity index (χ1v) is 16.8. The van der Waals surface area contributed by atoms with Crippen LogP contribution in [0.1, 0.15) is 103 Å². The number of piperidine rings is 1. The van der Waals surface area contributed by atoms with Gasteiger partial charge in [0, 0.05) is 57.1 Å². The van der Waals surface area contributed by atoms with Crippen molar-refractivity contribution in [3.63, 3.8) is 0 Å². The van der Waals surface area contributed by atoms with E-state index in [4.69, 9.17) is 9.72 Å². The van der Waals surface area contributed by atoms with Crippen molar-refractivity contribution in [1.82, 2.24) is 15.3 Å². The number of aryl methyl sites for hydroxylation is 1. The summed E-state index contributed by atoms with van der Waals surface area (Å²) < 4.78 is 8.06. The Hall–Kier alpha value is -3.43. The topological polar surface area (TPSA) is 112 Å². The largest absolute Gasteiger partial charge is 0.458 e. The number of hydrogen-bond donors (Lipinski definition) is 3. The average Bonchev–Trinajstić information content (AvgIpc) is 3.55. The maximum atomic E-state index is 13.1. The molecule has 4 heterocycles. The first-order chi connectivity index (χ1) is 21.2. The minimum absolute atomic E-state index is 0.107. The Labute approximate surface area is 262 Å². The van der Waals surface area contributed by atoms with Gasteiger partial charge in [-0.15, -0.1) is 0 Å². The Bertz CT molecular complexity index is 1280. The van der Waals surface area contributed by atoms with Gasteiger partial charge in [-0.05, 0) is 57.9 Å². The smallest absolute Gasteiger partial charge is 0.331 e. The standard InChI is InChI=1S/C34H51N7O3/c1-5-27-31(36-21-28(33(43)44-34(2,3)4)39-30(42)13-12-24-9-6-7-10-24)37-23-38-32(27)40-19-15-26(16-20-40)41-18-14-25-11-8-17-35-29(25)22-41/h14,18,22-24,26,28,35H,5-13,15-17,19-21H2,1-4H3,(H-,36,37,38,39,42)/p+1/t28-/m0/s1. The summed E-state index contributed by atoms with van der Waals surface area (Å²) in [5, 5.41) is 9.88. The number of fused-ring (bicyclic) bond motifs is 1. The van der Waals surface area contributed by atoms with Crippen molar-refractivity contribution in [1.29, 1.82) is 0 Å². The van der Waals surface area contributed by atoms with Gasteiger partial charge in [-0.2, -0.15) is 0 Å². The van der Waals surface area contributed by atoms with Crippen molar-refractivity contribution in [3.8, 4) is 0 Å². The number of anilines is 3. The van der Waals surface area contributed by atoms with E-state index in [0.717, 1.165) is 63.1 Å². The number of carbonyl (C=O) groups is 2. The quantitative estimate of drug-likeness (QED) is 0.249. The van der Waals surface area contributed by atoms with Gasteiger partial charge in [0.15, 0.2) is 18.4 Å². The summed E-state index contributed by atoms with van der Waals surface area (Å²) in [6, 6.07) is 1.91. The summed E-state index contributed by atoms with van der Waals surface area (Å²) in [6.45, 7) is 10.7. The number of rotatable bonds is 11. The molecule has 2 aromatic rings. The van der Waals surface area contributed by atoms with Crippen LogP contribution >= 0.6 is 0 Å². The molecule has 1 atom stereocenters. The number of pyridine rings is 1. The fourth-order valence-corrected chi connectivity index (χ4v) is 6.84. The van der Waals surface area contributed by atoms with Crippen LogP contribution in [0.25, 0.3) is 0 Å². The van der Waals surface area contributed by atoms with Crippen molar-refractivity contribution in [3.05, 3.63) is 35.9 Å². The SMILES string of the molecule is CCc1c(NC[C@H](NC(=O)CCC2CCCC2)C(=O)OC(C)(C)C)ncnc1N1CCC([n+]2ccc3c(c2)NCCC3)CC1. The molecule has 240 valence electrons. The van der Waals surface area contributed by atoms with Crippen molar-refractivity contribution in [2.45, 2.75) is 116 Å². The van der Waals surface area contributed by atoms with E-state index in [-0.39, 0.29) is 12.5 Å². The number of nitrogens with one attached hydrogen (secondary N) is 3. The molecule has 1 amide bonds. The zero-order valence-electron chi connectivity index (χ0n) is 27.2. The van der Waals surface area contributed by atoms with Gasteiger partial charge in [0.1, 0.15) is 35.3 Å². The highest BCUT2D eigenvalue weighted by atomic mass is 16.6. The predicted molar refractivity (Wildman–Crippen MR) is 173 cm³/mol. The Balaban J connectivity index is 1.22. The van der Waals surface area contributed by atoms with Crippen LogP contribution < -0.4 is 25.4 Å². The maximum Gasteiger partial charge on any atom is 0.331 e. The molecule has 2 fully saturated rings. The lowest BCUT2D eigenvalue weighted by Gasteiger charge is -2.32. The Morgan fingerprint density at radius 2 is 1.91 bits per heavy atom. The van der Waals surface area contributed by atoms with Crippen molar-refractivity contribution in [2.75, 3.05) is 41.7 Å². The van der Waals surface area contributed by atoms with Crippen LogP contribution in [0.3, 0.4) is 0 Å². The molecule has 0 bridgehead atoms. The highest BCUT2D eigenvalue weighted by Crippen LogP contribution is 2.30. The third-order valence-corrected chi connectivity index (χ3v) is 9.23. The first-order valence-electron chi connectivity index (χ1n) is 16.8. The summed E-state index contributed by atoms with van der Waals surface area (Å²) >= 11 is 0. The van der Waals surface area contributed by atoms with E-state index >= 15 is 0 Å². The van der Waals surface area contributed by atoms with E-state index in [2.05, 4.69) is 55.8 Å². The van der Waals surface area contributed by atoms with Crippen molar-refractivity contribution < 1.29 is 18.9 Å². The number of esters is 1. The summed E-state index contributed by atoms with van der Waals surface area (Å²) in [4.78, 5) is 37.7. The van der Waals surface area contributed by atoms with Gasteiger partial charge >= 0.3 is 5.97 Å². The third-order valence-electron chi connectivity index (χ3n) is 9.23. The van der Waals surface area contributed by atoms with Crippen molar-refractivity contribution in [2.24, 2.45) is 5.92 Å². The van der Waals surface area contributed by atoms with E-state index in [1.54, 1.807) is 6.33 Å². The van der Waals surface area contributed by atoms with Crippen LogP contribution in [0.4, 0.5) is 17.3 Å². The highest BCUT2D eigenvalue weighted by Gasteiger charge is 2.30. The minimum Gasteiger partial charge on any atom is -0.458 e. The molecule has 3 aliphatic rings. The first kappa shape index (κ1) is 32.0.